The van der Waals surface area contributed by atoms with Gasteiger partial charge >= 0.3 is 0 Å². The summed E-state index contributed by atoms with van der Waals surface area (Å²) in [4.78, 5) is 35.0. The third kappa shape index (κ3) is 4.52. The molecular formula is C21H20N4O5. The van der Waals surface area contributed by atoms with Gasteiger partial charge in [0.1, 0.15) is 12.3 Å². The number of amides is 1. The third-order valence-corrected chi connectivity index (χ3v) is 4.50. The van der Waals surface area contributed by atoms with Gasteiger partial charge in [0.05, 0.1) is 29.5 Å². The van der Waals surface area contributed by atoms with Crippen LogP contribution < -0.4 is 15.6 Å². The number of anilines is 1. The molecule has 1 N–H and O–H groups in total. The van der Waals surface area contributed by atoms with Gasteiger partial charge in [0.15, 0.2) is 0 Å². The van der Waals surface area contributed by atoms with E-state index in [1.54, 1.807) is 6.07 Å². The van der Waals surface area contributed by atoms with Crippen LogP contribution in [0.5, 0.6) is 5.75 Å². The Hall–Kier alpha value is -4.01. The first-order valence-electron chi connectivity index (χ1n) is 9.06. The fourth-order valence-corrected chi connectivity index (χ4v) is 2.94. The van der Waals surface area contributed by atoms with Crippen LogP contribution in [0.25, 0.3) is 11.3 Å². The van der Waals surface area contributed by atoms with Crippen LogP contribution in [-0.2, 0) is 11.3 Å². The van der Waals surface area contributed by atoms with Gasteiger partial charge in [0.25, 0.3) is 11.2 Å². The van der Waals surface area contributed by atoms with Gasteiger partial charge in [-0.25, -0.2) is 4.68 Å². The quantitative estimate of drug-likeness (QED) is 0.495. The van der Waals surface area contributed by atoms with E-state index in [0.717, 1.165) is 21.4 Å². The van der Waals surface area contributed by atoms with E-state index in [9.17, 15) is 19.7 Å². The summed E-state index contributed by atoms with van der Waals surface area (Å²) in [7, 11) is 1.34. The maximum absolute atomic E-state index is 12.5. The highest BCUT2D eigenvalue weighted by atomic mass is 16.6. The molecule has 0 atom stereocenters. The van der Waals surface area contributed by atoms with Crippen LogP contribution in [0.15, 0.2) is 53.3 Å². The predicted octanol–water partition coefficient (Wildman–Crippen LogP) is 3.08. The lowest BCUT2D eigenvalue weighted by Gasteiger charge is -2.12. The van der Waals surface area contributed by atoms with Crippen LogP contribution >= 0.6 is 0 Å². The highest BCUT2D eigenvalue weighted by molar-refractivity contribution is 5.92. The molecule has 3 rings (SSSR count). The van der Waals surface area contributed by atoms with E-state index in [-0.39, 0.29) is 23.7 Å². The Kier molecular flexibility index (Phi) is 5.91. The zero-order valence-corrected chi connectivity index (χ0v) is 16.7. The monoisotopic (exact) mass is 408 g/mol. The van der Waals surface area contributed by atoms with Crippen molar-refractivity contribution in [3.8, 4) is 17.0 Å². The van der Waals surface area contributed by atoms with E-state index in [1.165, 1.54) is 31.4 Å². The zero-order valence-electron chi connectivity index (χ0n) is 16.7. The molecule has 0 fully saturated rings. The van der Waals surface area contributed by atoms with Crippen LogP contribution in [0, 0.1) is 24.0 Å². The SMILES string of the molecule is COc1cc([N+](=O)[O-])ccc1NC(=O)Cn1nc(-c2cc(C)ccc2C)ccc1=O. The number of benzene rings is 2. The lowest BCUT2D eigenvalue weighted by atomic mass is 10.0. The van der Waals surface area contributed by atoms with Crippen LogP contribution in [0.4, 0.5) is 11.4 Å². The maximum atomic E-state index is 12.5. The van der Waals surface area contributed by atoms with Crippen molar-refractivity contribution >= 4 is 17.3 Å². The summed E-state index contributed by atoms with van der Waals surface area (Å²) < 4.78 is 6.18. The van der Waals surface area contributed by atoms with Gasteiger partial charge in [-0.2, -0.15) is 5.10 Å². The first kappa shape index (κ1) is 20.7. The number of hydrogen-bond donors (Lipinski definition) is 1. The molecule has 30 heavy (non-hydrogen) atoms. The number of nitro groups is 1. The van der Waals surface area contributed by atoms with Gasteiger partial charge in [0, 0.05) is 17.7 Å². The third-order valence-electron chi connectivity index (χ3n) is 4.50. The molecule has 154 valence electrons. The Morgan fingerprint density at radius 2 is 1.93 bits per heavy atom. The van der Waals surface area contributed by atoms with Crippen LogP contribution in [0.1, 0.15) is 11.1 Å². The van der Waals surface area contributed by atoms with E-state index in [4.69, 9.17) is 4.74 Å². The number of nitro benzene ring substituents is 1. The molecule has 0 saturated heterocycles. The molecule has 0 radical (unpaired) electrons. The Balaban J connectivity index is 1.85. The first-order chi connectivity index (χ1) is 14.3. The van der Waals surface area contributed by atoms with Gasteiger partial charge in [-0.1, -0.05) is 17.7 Å². The minimum atomic E-state index is -0.559. The minimum absolute atomic E-state index is 0.141. The molecule has 0 aliphatic rings. The second kappa shape index (κ2) is 8.56. The average Bonchev–Trinajstić information content (AvgIpc) is 2.71. The van der Waals surface area contributed by atoms with Crippen molar-refractivity contribution in [2.75, 3.05) is 12.4 Å². The van der Waals surface area contributed by atoms with Crippen molar-refractivity contribution in [1.82, 2.24) is 9.78 Å². The van der Waals surface area contributed by atoms with Crippen molar-refractivity contribution in [1.29, 1.82) is 0 Å². The number of hydrogen-bond acceptors (Lipinski definition) is 6. The van der Waals surface area contributed by atoms with Gasteiger partial charge in [0.2, 0.25) is 5.91 Å². The fraction of sp³-hybridized carbons (Fsp3) is 0.190. The number of aromatic nitrogens is 2. The highest BCUT2D eigenvalue weighted by Gasteiger charge is 2.15. The van der Waals surface area contributed by atoms with Crippen molar-refractivity contribution in [3.05, 3.63) is 80.1 Å². The number of methoxy groups -OCH3 is 1. The molecule has 1 aromatic heterocycles. The Bertz CT molecular complexity index is 1190. The first-order valence-corrected chi connectivity index (χ1v) is 9.06. The average molecular weight is 408 g/mol. The van der Waals surface area contributed by atoms with Crippen molar-refractivity contribution < 1.29 is 14.5 Å². The van der Waals surface area contributed by atoms with Crippen LogP contribution in [0.2, 0.25) is 0 Å². The van der Waals surface area contributed by atoms with E-state index in [1.807, 2.05) is 32.0 Å². The molecule has 0 aliphatic carbocycles. The molecule has 1 heterocycles. The minimum Gasteiger partial charge on any atom is -0.494 e. The molecule has 0 saturated carbocycles. The maximum Gasteiger partial charge on any atom is 0.273 e. The summed E-state index contributed by atoms with van der Waals surface area (Å²) in [6.45, 7) is 3.58. The molecule has 1 amide bonds. The number of carbonyl (C=O) groups is 1. The number of nitrogens with one attached hydrogen (secondary N) is 1. The van der Waals surface area contributed by atoms with Gasteiger partial charge in [-0.3, -0.25) is 19.7 Å². The van der Waals surface area contributed by atoms with Crippen LogP contribution in [-0.4, -0.2) is 27.7 Å². The smallest absolute Gasteiger partial charge is 0.273 e. The van der Waals surface area contributed by atoms with E-state index in [2.05, 4.69) is 10.4 Å². The standard InChI is InChI=1S/C21H20N4O5/c1-13-4-5-14(2)16(10-13)17-8-9-21(27)24(23-17)12-20(26)22-18-7-6-15(25(28)29)11-19(18)30-3/h4-11H,12H2,1-3H3,(H,22,26). The number of ether oxygens (including phenoxy) is 1. The second-order valence-corrected chi connectivity index (χ2v) is 6.72. The summed E-state index contributed by atoms with van der Waals surface area (Å²) in [5.41, 5.74) is 3.18. The molecule has 0 bridgehead atoms. The molecule has 9 nitrogen and oxygen atoms in total. The molecule has 2 aromatic carbocycles. The lowest BCUT2D eigenvalue weighted by Crippen LogP contribution is -2.29. The Morgan fingerprint density at radius 3 is 2.63 bits per heavy atom. The normalized spacial score (nSPS) is 10.5. The highest BCUT2D eigenvalue weighted by Crippen LogP contribution is 2.29. The number of rotatable bonds is 6. The summed E-state index contributed by atoms with van der Waals surface area (Å²) >= 11 is 0. The van der Waals surface area contributed by atoms with Crippen molar-refractivity contribution in [2.45, 2.75) is 20.4 Å². The second-order valence-electron chi connectivity index (χ2n) is 6.72. The molecule has 0 spiro atoms. The van der Waals surface area contributed by atoms with Crippen molar-refractivity contribution in [3.63, 3.8) is 0 Å². The Labute approximate surface area is 172 Å². The molecule has 0 unspecified atom stereocenters. The number of nitrogens with zero attached hydrogens (tertiary/aromatic N) is 3. The number of carbonyl (C=O) groups excluding carboxylic acids is 1. The summed E-state index contributed by atoms with van der Waals surface area (Å²) in [6.07, 6.45) is 0. The molecule has 9 heteroatoms. The fourth-order valence-electron chi connectivity index (χ4n) is 2.94. The van der Waals surface area contributed by atoms with Crippen molar-refractivity contribution in [2.24, 2.45) is 0 Å². The predicted molar refractivity (Wildman–Crippen MR) is 112 cm³/mol. The van der Waals surface area contributed by atoms with Gasteiger partial charge in [-0.15, -0.1) is 0 Å². The van der Waals surface area contributed by atoms with Gasteiger partial charge < -0.3 is 10.1 Å². The molecule has 3 aromatic rings. The lowest BCUT2D eigenvalue weighted by molar-refractivity contribution is -0.384. The number of aryl methyl sites for hydroxylation is 2. The van der Waals surface area contributed by atoms with E-state index >= 15 is 0 Å². The topological polar surface area (TPSA) is 116 Å². The van der Waals surface area contributed by atoms with E-state index < -0.39 is 16.4 Å². The van der Waals surface area contributed by atoms with Gasteiger partial charge in [-0.05, 0) is 37.6 Å². The van der Waals surface area contributed by atoms with E-state index in [0.29, 0.717) is 5.69 Å². The molecular weight excluding hydrogens is 388 g/mol. The number of non-ortho nitro benzene ring substituents is 1. The summed E-state index contributed by atoms with van der Waals surface area (Å²) in [5.74, 6) is -0.378. The largest absolute Gasteiger partial charge is 0.494 e. The molecule has 0 aliphatic heterocycles. The van der Waals surface area contributed by atoms with Crippen LogP contribution in [0.3, 0.4) is 0 Å². The Morgan fingerprint density at radius 1 is 1.17 bits per heavy atom. The summed E-state index contributed by atoms with van der Waals surface area (Å²) in [6, 6.07) is 12.7. The summed E-state index contributed by atoms with van der Waals surface area (Å²) in [5, 5.41) is 17.8. The zero-order chi connectivity index (χ0) is 21.8.